The van der Waals surface area contributed by atoms with E-state index in [-0.39, 0.29) is 11.8 Å². The summed E-state index contributed by atoms with van der Waals surface area (Å²) in [4.78, 5) is 25.9. The second-order valence-corrected chi connectivity index (χ2v) is 8.73. The Balaban J connectivity index is 1.23. The Labute approximate surface area is 199 Å². The fraction of sp³-hybridized carbons (Fsp3) is 0.400. The SMILES string of the molecule is Cc1ccccc1-c1ccc(N2CCCC(C(=O)Nc3cc(N4CCOCC4)ncn3)C2)nn1. The average molecular weight is 460 g/mol. The molecule has 2 aliphatic rings. The number of piperidine rings is 1. The lowest BCUT2D eigenvalue weighted by Gasteiger charge is -2.32. The number of anilines is 3. The van der Waals surface area contributed by atoms with Crippen molar-refractivity contribution in [1.82, 2.24) is 20.2 Å². The van der Waals surface area contributed by atoms with Gasteiger partial charge in [-0.2, -0.15) is 0 Å². The van der Waals surface area contributed by atoms with Gasteiger partial charge in [-0.25, -0.2) is 9.97 Å². The van der Waals surface area contributed by atoms with Crippen molar-refractivity contribution in [3.05, 3.63) is 54.4 Å². The molecule has 9 nitrogen and oxygen atoms in total. The molecule has 5 rings (SSSR count). The summed E-state index contributed by atoms with van der Waals surface area (Å²) in [6.45, 7) is 6.46. The summed E-state index contributed by atoms with van der Waals surface area (Å²) in [7, 11) is 0. The smallest absolute Gasteiger partial charge is 0.230 e. The van der Waals surface area contributed by atoms with E-state index in [0.717, 1.165) is 55.4 Å². The first-order valence-electron chi connectivity index (χ1n) is 11.8. The maximum atomic E-state index is 13.0. The topological polar surface area (TPSA) is 96.4 Å². The van der Waals surface area contributed by atoms with Crippen molar-refractivity contribution < 1.29 is 9.53 Å². The van der Waals surface area contributed by atoms with E-state index in [0.29, 0.717) is 25.6 Å². The lowest BCUT2D eigenvalue weighted by atomic mass is 9.97. The molecule has 2 aliphatic heterocycles. The van der Waals surface area contributed by atoms with Crippen molar-refractivity contribution in [1.29, 1.82) is 0 Å². The Kier molecular flexibility index (Phi) is 6.62. The molecule has 4 heterocycles. The number of ether oxygens (including phenoxy) is 1. The van der Waals surface area contributed by atoms with Crippen molar-refractivity contribution in [2.75, 3.05) is 54.5 Å². The summed E-state index contributed by atoms with van der Waals surface area (Å²) >= 11 is 0. The zero-order valence-electron chi connectivity index (χ0n) is 19.4. The number of amides is 1. The van der Waals surface area contributed by atoms with Crippen molar-refractivity contribution in [2.45, 2.75) is 19.8 Å². The van der Waals surface area contributed by atoms with Gasteiger partial charge in [0, 0.05) is 37.8 Å². The van der Waals surface area contributed by atoms with Crippen molar-refractivity contribution in [3.63, 3.8) is 0 Å². The van der Waals surface area contributed by atoms with E-state index in [9.17, 15) is 4.79 Å². The Bertz CT molecular complexity index is 1130. The summed E-state index contributed by atoms with van der Waals surface area (Å²) in [5, 5.41) is 11.9. The molecule has 1 N–H and O–H groups in total. The van der Waals surface area contributed by atoms with Crippen LogP contribution in [0.3, 0.4) is 0 Å². The molecule has 2 fully saturated rings. The van der Waals surface area contributed by atoms with Crippen LogP contribution in [-0.2, 0) is 9.53 Å². The van der Waals surface area contributed by atoms with Gasteiger partial charge in [0.1, 0.15) is 18.0 Å². The Morgan fingerprint density at radius 1 is 1.00 bits per heavy atom. The molecular weight excluding hydrogens is 430 g/mol. The highest BCUT2D eigenvalue weighted by Gasteiger charge is 2.27. The predicted octanol–water partition coefficient (Wildman–Crippen LogP) is 2.93. The first-order chi connectivity index (χ1) is 16.7. The second-order valence-electron chi connectivity index (χ2n) is 8.73. The number of carbonyl (C=O) groups excluding carboxylic acids is 1. The average Bonchev–Trinajstić information content (AvgIpc) is 2.90. The highest BCUT2D eigenvalue weighted by Crippen LogP contribution is 2.25. The van der Waals surface area contributed by atoms with Crippen LogP contribution in [0.25, 0.3) is 11.3 Å². The number of carbonyl (C=O) groups is 1. The fourth-order valence-electron chi connectivity index (χ4n) is 4.51. The number of rotatable bonds is 5. The molecule has 34 heavy (non-hydrogen) atoms. The lowest BCUT2D eigenvalue weighted by molar-refractivity contribution is -0.120. The molecule has 1 amide bonds. The van der Waals surface area contributed by atoms with Gasteiger partial charge in [-0.05, 0) is 37.5 Å². The fourth-order valence-corrected chi connectivity index (χ4v) is 4.51. The predicted molar refractivity (Wildman–Crippen MR) is 131 cm³/mol. The monoisotopic (exact) mass is 459 g/mol. The number of hydrogen-bond acceptors (Lipinski definition) is 8. The molecule has 176 valence electrons. The van der Waals surface area contributed by atoms with Crippen molar-refractivity contribution in [2.24, 2.45) is 5.92 Å². The summed E-state index contributed by atoms with van der Waals surface area (Å²) in [6, 6.07) is 14.0. The van der Waals surface area contributed by atoms with Gasteiger partial charge in [-0.3, -0.25) is 4.79 Å². The first kappa shape index (κ1) is 22.2. The molecular formula is C25H29N7O2. The zero-order chi connectivity index (χ0) is 23.3. The maximum Gasteiger partial charge on any atom is 0.230 e. The van der Waals surface area contributed by atoms with E-state index >= 15 is 0 Å². The number of nitrogens with zero attached hydrogens (tertiary/aromatic N) is 6. The van der Waals surface area contributed by atoms with Gasteiger partial charge in [0.25, 0.3) is 0 Å². The molecule has 0 aliphatic carbocycles. The zero-order valence-corrected chi connectivity index (χ0v) is 19.4. The number of aromatic nitrogens is 4. The number of nitrogens with one attached hydrogen (secondary N) is 1. The largest absolute Gasteiger partial charge is 0.378 e. The van der Waals surface area contributed by atoms with Crippen LogP contribution < -0.4 is 15.1 Å². The van der Waals surface area contributed by atoms with E-state index < -0.39 is 0 Å². The number of aryl methyl sites for hydroxylation is 1. The third kappa shape index (κ3) is 4.99. The number of benzene rings is 1. The highest BCUT2D eigenvalue weighted by atomic mass is 16.5. The molecule has 0 radical (unpaired) electrons. The minimum Gasteiger partial charge on any atom is -0.378 e. The van der Waals surface area contributed by atoms with Gasteiger partial charge in [0.2, 0.25) is 5.91 Å². The molecule has 1 unspecified atom stereocenters. The molecule has 1 aromatic carbocycles. The van der Waals surface area contributed by atoms with Gasteiger partial charge in [-0.1, -0.05) is 24.3 Å². The van der Waals surface area contributed by atoms with E-state index in [1.165, 1.54) is 11.9 Å². The standard InChI is InChI=1S/C25H29N7O2/c1-18-5-2-3-7-20(18)21-8-9-23(30-29-21)32-10-4-6-19(16-32)25(33)28-22-15-24(27-17-26-22)31-11-13-34-14-12-31/h2-3,5,7-9,15,17,19H,4,6,10-14,16H2,1H3,(H,26,27,28,33). The van der Waals surface area contributed by atoms with Crippen molar-refractivity contribution >= 4 is 23.4 Å². The molecule has 0 spiro atoms. The summed E-state index contributed by atoms with van der Waals surface area (Å²) < 4.78 is 5.41. The van der Waals surface area contributed by atoms with E-state index in [1.807, 2.05) is 30.3 Å². The number of morpholine rings is 1. The summed E-state index contributed by atoms with van der Waals surface area (Å²) in [5.74, 6) is 1.96. The van der Waals surface area contributed by atoms with Crippen LogP contribution in [0.4, 0.5) is 17.5 Å². The van der Waals surface area contributed by atoms with E-state index in [4.69, 9.17) is 4.74 Å². The van der Waals surface area contributed by atoms with Crippen LogP contribution in [0, 0.1) is 12.8 Å². The normalized spacial score (nSPS) is 18.6. The molecule has 2 aromatic heterocycles. The van der Waals surface area contributed by atoms with Crippen LogP contribution in [0.2, 0.25) is 0 Å². The van der Waals surface area contributed by atoms with E-state index in [2.05, 4.69) is 54.3 Å². The van der Waals surface area contributed by atoms with Gasteiger partial charge < -0.3 is 19.9 Å². The first-order valence-corrected chi connectivity index (χ1v) is 11.8. The summed E-state index contributed by atoms with van der Waals surface area (Å²) in [6.07, 6.45) is 3.25. The minimum atomic E-state index is -0.145. The molecule has 1 atom stereocenters. The van der Waals surface area contributed by atoms with E-state index in [1.54, 1.807) is 0 Å². The summed E-state index contributed by atoms with van der Waals surface area (Å²) in [5.41, 5.74) is 3.10. The molecule has 3 aromatic rings. The molecule has 0 bridgehead atoms. The quantitative estimate of drug-likeness (QED) is 0.622. The highest BCUT2D eigenvalue weighted by molar-refractivity contribution is 5.92. The second kappa shape index (κ2) is 10.1. The lowest BCUT2D eigenvalue weighted by Crippen LogP contribution is -2.41. The van der Waals surface area contributed by atoms with Gasteiger partial charge in [0.15, 0.2) is 5.82 Å². The van der Waals surface area contributed by atoms with Crippen LogP contribution in [0.15, 0.2) is 48.8 Å². The Morgan fingerprint density at radius 3 is 2.65 bits per heavy atom. The third-order valence-corrected chi connectivity index (χ3v) is 6.43. The van der Waals surface area contributed by atoms with Crippen LogP contribution in [0.1, 0.15) is 18.4 Å². The number of hydrogen-bond donors (Lipinski definition) is 1. The Morgan fingerprint density at radius 2 is 1.85 bits per heavy atom. The van der Waals surface area contributed by atoms with Crippen LogP contribution >= 0.6 is 0 Å². The third-order valence-electron chi connectivity index (χ3n) is 6.43. The Hall–Kier alpha value is -3.59. The van der Waals surface area contributed by atoms with Gasteiger partial charge in [0.05, 0.1) is 24.8 Å². The molecule has 2 saturated heterocycles. The van der Waals surface area contributed by atoms with Gasteiger partial charge in [-0.15, -0.1) is 10.2 Å². The molecule has 9 heteroatoms. The van der Waals surface area contributed by atoms with Gasteiger partial charge >= 0.3 is 0 Å². The van der Waals surface area contributed by atoms with Crippen molar-refractivity contribution in [3.8, 4) is 11.3 Å². The van der Waals surface area contributed by atoms with Crippen LogP contribution in [0.5, 0.6) is 0 Å². The van der Waals surface area contributed by atoms with Crippen LogP contribution in [-0.4, -0.2) is 65.5 Å². The maximum absolute atomic E-state index is 13.0. The molecule has 0 saturated carbocycles. The minimum absolute atomic E-state index is 0.0270.